The van der Waals surface area contributed by atoms with Crippen molar-refractivity contribution in [3.05, 3.63) is 47.5 Å². The second-order valence-corrected chi connectivity index (χ2v) is 16.1. The zero-order valence-corrected chi connectivity index (χ0v) is 29.5. The van der Waals surface area contributed by atoms with E-state index in [0.717, 1.165) is 30.4 Å². The molecule has 4 aliphatic rings. The van der Waals surface area contributed by atoms with E-state index in [1.807, 2.05) is 24.3 Å². The van der Waals surface area contributed by atoms with Gasteiger partial charge in [-0.1, -0.05) is 64.0 Å². The van der Waals surface area contributed by atoms with Crippen LogP contribution in [-0.4, -0.2) is 76.7 Å². The van der Waals surface area contributed by atoms with Crippen LogP contribution in [0.1, 0.15) is 78.4 Å². The molecule has 1 saturated heterocycles. The second kappa shape index (κ2) is 13.6. The molecule has 0 radical (unpaired) electrons. The Labute approximate surface area is 288 Å². The standard InChI is InChI=1S/C37H51N5O7/c1-19(2)27(34(47)49-36(3,4)5)40-35(48)41-28(23-16-21-13-8-9-14-22(21)17-23)33(46)42-18-24-26(37(24,6)7)29(42)32(45)39-25(30(43)31(38)44)15-20-11-10-12-20/h8-9,13-14,20,23-29H,1,10-12,15-18H2,2-7H3,(H2,38,44)(H,39,45)(H2,40,41,48)/t24-,25?,26-,27-,28-,29-/m0/s1. The number of Topliss-reactive ketones (excluding diaryl/α,β-unsaturated/α-hetero) is 1. The molecule has 6 atom stereocenters. The van der Waals surface area contributed by atoms with Gasteiger partial charge in [0.05, 0.1) is 6.04 Å². The molecule has 12 nitrogen and oxygen atoms in total. The predicted molar refractivity (Wildman–Crippen MR) is 182 cm³/mol. The first kappa shape index (κ1) is 36.1. The largest absolute Gasteiger partial charge is 0.458 e. The number of benzene rings is 1. The number of ether oxygens (including phenoxy) is 1. The Morgan fingerprint density at radius 1 is 1.02 bits per heavy atom. The molecule has 5 amide bonds. The van der Waals surface area contributed by atoms with E-state index in [1.54, 1.807) is 27.7 Å². The Morgan fingerprint density at radius 2 is 1.63 bits per heavy atom. The van der Waals surface area contributed by atoms with E-state index in [2.05, 4.69) is 36.4 Å². The Morgan fingerprint density at radius 3 is 2.14 bits per heavy atom. The number of fused-ring (bicyclic) bond motifs is 2. The van der Waals surface area contributed by atoms with Crippen LogP contribution in [0.2, 0.25) is 0 Å². The van der Waals surface area contributed by atoms with Crippen molar-refractivity contribution < 1.29 is 33.5 Å². The van der Waals surface area contributed by atoms with Gasteiger partial charge in [-0.25, -0.2) is 9.59 Å². The van der Waals surface area contributed by atoms with Crippen molar-refractivity contribution in [2.75, 3.05) is 6.54 Å². The Kier molecular flexibility index (Phi) is 10.0. The highest BCUT2D eigenvalue weighted by atomic mass is 16.6. The van der Waals surface area contributed by atoms with Crippen LogP contribution in [0.5, 0.6) is 0 Å². The van der Waals surface area contributed by atoms with Crippen LogP contribution in [0.15, 0.2) is 36.4 Å². The minimum atomic E-state index is -1.15. The minimum Gasteiger partial charge on any atom is -0.458 e. The van der Waals surface area contributed by atoms with E-state index in [9.17, 15) is 28.8 Å². The van der Waals surface area contributed by atoms with Crippen LogP contribution in [0.25, 0.3) is 0 Å². The first-order chi connectivity index (χ1) is 22.9. The lowest BCUT2D eigenvalue weighted by molar-refractivity contribution is -0.156. The molecular weight excluding hydrogens is 626 g/mol. The first-order valence-electron chi connectivity index (χ1n) is 17.4. The highest BCUT2D eigenvalue weighted by molar-refractivity contribution is 6.37. The summed E-state index contributed by atoms with van der Waals surface area (Å²) in [6.07, 6.45) is 4.22. The molecular formula is C37H51N5O7. The number of carbonyl (C=O) groups excluding carboxylic acids is 6. The molecule has 266 valence electrons. The number of hydrogen-bond acceptors (Lipinski definition) is 7. The number of carbonyl (C=O) groups is 6. The Hall–Kier alpha value is -4.22. The van der Waals surface area contributed by atoms with Gasteiger partial charge in [0.2, 0.25) is 17.6 Å². The Bertz CT molecular complexity index is 1520. The van der Waals surface area contributed by atoms with Crippen molar-refractivity contribution in [2.45, 2.75) is 110 Å². The molecule has 1 aliphatic heterocycles. The van der Waals surface area contributed by atoms with Gasteiger partial charge in [-0.3, -0.25) is 19.2 Å². The lowest BCUT2D eigenvalue weighted by atomic mass is 9.80. The molecule has 1 aromatic rings. The van der Waals surface area contributed by atoms with Gasteiger partial charge < -0.3 is 31.3 Å². The highest BCUT2D eigenvalue weighted by Gasteiger charge is 2.70. The van der Waals surface area contributed by atoms with Gasteiger partial charge in [0.25, 0.3) is 5.91 Å². The summed E-state index contributed by atoms with van der Waals surface area (Å²) < 4.78 is 5.50. The van der Waals surface area contributed by atoms with Gasteiger partial charge >= 0.3 is 12.0 Å². The van der Waals surface area contributed by atoms with Crippen LogP contribution in [0.3, 0.4) is 0 Å². The minimum absolute atomic E-state index is 0.0411. The summed E-state index contributed by atoms with van der Waals surface area (Å²) in [6, 6.07) is 2.96. The zero-order chi connectivity index (χ0) is 36.0. The molecule has 1 heterocycles. The van der Waals surface area contributed by atoms with Crippen molar-refractivity contribution in [1.29, 1.82) is 0 Å². The monoisotopic (exact) mass is 677 g/mol. The maximum Gasteiger partial charge on any atom is 0.333 e. The summed E-state index contributed by atoms with van der Waals surface area (Å²) in [5.74, 6) is -3.79. The third-order valence-electron chi connectivity index (χ3n) is 10.9. The average molecular weight is 678 g/mol. The van der Waals surface area contributed by atoms with E-state index in [-0.39, 0.29) is 29.1 Å². The number of rotatable bonds is 12. The number of amides is 5. The number of ketones is 1. The summed E-state index contributed by atoms with van der Waals surface area (Å²) in [5, 5.41) is 8.32. The van der Waals surface area contributed by atoms with Gasteiger partial charge in [-0.05, 0) is 92.7 Å². The van der Waals surface area contributed by atoms with Gasteiger partial charge in [-0.15, -0.1) is 0 Å². The van der Waals surface area contributed by atoms with Crippen LogP contribution in [0, 0.1) is 29.1 Å². The SMILES string of the molecule is C=C(C)[C@H](NC(=O)N[C@H](C(=O)N1C[C@H]2[C@@H]([C@H]1C(=O)NC(CC1CCC1)C(=O)C(N)=O)C2(C)C)C1Cc2ccccc2C1)C(=O)OC(C)(C)C. The molecule has 5 N–H and O–H groups in total. The van der Waals surface area contributed by atoms with Crippen molar-refractivity contribution in [3.8, 4) is 0 Å². The quantitative estimate of drug-likeness (QED) is 0.149. The Balaban J connectivity index is 1.40. The lowest BCUT2D eigenvalue weighted by Gasteiger charge is -2.36. The van der Waals surface area contributed by atoms with Crippen molar-refractivity contribution in [3.63, 3.8) is 0 Å². The molecule has 1 aromatic carbocycles. The van der Waals surface area contributed by atoms with E-state index in [1.165, 1.54) is 4.90 Å². The molecule has 0 bridgehead atoms. The summed E-state index contributed by atoms with van der Waals surface area (Å²) in [7, 11) is 0. The molecule has 12 heteroatoms. The smallest absolute Gasteiger partial charge is 0.333 e. The number of likely N-dealkylation sites (tertiary alicyclic amines) is 1. The number of nitrogens with two attached hydrogens (primary N) is 1. The highest BCUT2D eigenvalue weighted by Crippen LogP contribution is 2.65. The van der Waals surface area contributed by atoms with E-state index in [0.29, 0.717) is 31.4 Å². The van der Waals surface area contributed by atoms with Gasteiger partial charge in [-0.2, -0.15) is 0 Å². The maximum absolute atomic E-state index is 14.7. The number of nitrogens with one attached hydrogen (secondary N) is 3. The summed E-state index contributed by atoms with van der Waals surface area (Å²) in [6.45, 7) is 15.0. The molecule has 2 saturated carbocycles. The van der Waals surface area contributed by atoms with Crippen molar-refractivity contribution in [2.24, 2.45) is 34.8 Å². The molecule has 3 aliphatic carbocycles. The average Bonchev–Trinajstić information content (AvgIpc) is 3.34. The lowest BCUT2D eigenvalue weighted by Crippen LogP contribution is -2.61. The number of primary amides is 1. The van der Waals surface area contributed by atoms with Crippen LogP contribution in [0.4, 0.5) is 4.79 Å². The third-order valence-corrected chi connectivity index (χ3v) is 10.9. The molecule has 5 rings (SSSR count). The topological polar surface area (TPSA) is 177 Å². The van der Waals surface area contributed by atoms with Crippen LogP contribution < -0.4 is 21.7 Å². The van der Waals surface area contributed by atoms with Crippen molar-refractivity contribution >= 4 is 35.5 Å². The molecule has 0 aromatic heterocycles. The third kappa shape index (κ3) is 7.68. The number of hydrogen-bond donors (Lipinski definition) is 4. The fourth-order valence-electron chi connectivity index (χ4n) is 7.98. The molecule has 3 fully saturated rings. The van der Waals surface area contributed by atoms with E-state index in [4.69, 9.17) is 10.5 Å². The first-order valence-corrected chi connectivity index (χ1v) is 17.4. The van der Waals surface area contributed by atoms with E-state index < -0.39 is 65.3 Å². The normalized spacial score (nSPS) is 24.3. The fraction of sp³-hybridized carbons (Fsp3) is 0.622. The van der Waals surface area contributed by atoms with E-state index >= 15 is 0 Å². The number of urea groups is 1. The molecule has 49 heavy (non-hydrogen) atoms. The van der Waals surface area contributed by atoms with Gasteiger partial charge in [0.15, 0.2) is 0 Å². The van der Waals surface area contributed by atoms with Crippen molar-refractivity contribution in [1.82, 2.24) is 20.9 Å². The summed E-state index contributed by atoms with van der Waals surface area (Å²) >= 11 is 0. The summed E-state index contributed by atoms with van der Waals surface area (Å²) in [5.41, 5.74) is 6.86. The fourth-order valence-corrected chi connectivity index (χ4v) is 7.98. The van der Waals surface area contributed by atoms with Crippen LogP contribution in [-0.2, 0) is 41.6 Å². The number of piperidine rings is 1. The molecule has 1 unspecified atom stereocenters. The second-order valence-electron chi connectivity index (χ2n) is 16.1. The maximum atomic E-state index is 14.7. The summed E-state index contributed by atoms with van der Waals surface area (Å²) in [4.78, 5) is 81.6. The van der Waals surface area contributed by atoms with Gasteiger partial charge in [0.1, 0.15) is 23.7 Å². The van der Waals surface area contributed by atoms with Gasteiger partial charge in [0, 0.05) is 6.54 Å². The zero-order valence-electron chi connectivity index (χ0n) is 29.5. The van der Waals surface area contributed by atoms with Crippen LogP contribution >= 0.6 is 0 Å². The molecule has 0 spiro atoms. The number of esters is 1. The predicted octanol–water partition coefficient (Wildman–Crippen LogP) is 2.57. The number of nitrogens with zero attached hydrogens (tertiary/aromatic N) is 1.